The number of benzene rings is 1. The van der Waals surface area contributed by atoms with E-state index in [9.17, 15) is 9.59 Å². The summed E-state index contributed by atoms with van der Waals surface area (Å²) in [5, 5.41) is 0. The number of rotatable bonds is 4. The molecule has 1 aromatic carbocycles. The van der Waals surface area contributed by atoms with E-state index in [4.69, 9.17) is 9.47 Å². The van der Waals surface area contributed by atoms with Crippen LogP contribution in [0.4, 0.5) is 4.79 Å². The van der Waals surface area contributed by atoms with Gasteiger partial charge in [0.15, 0.2) is 0 Å². The molecule has 5 heteroatoms. The van der Waals surface area contributed by atoms with Crippen molar-refractivity contribution in [2.45, 2.75) is 51.6 Å². The van der Waals surface area contributed by atoms with Gasteiger partial charge in [-0.25, -0.2) is 4.79 Å². The number of amides is 1. The topological polar surface area (TPSA) is 55.8 Å². The van der Waals surface area contributed by atoms with Crippen LogP contribution in [-0.2, 0) is 14.3 Å². The zero-order valence-electron chi connectivity index (χ0n) is 15.2. The lowest BCUT2D eigenvalue weighted by atomic mass is 9.89. The van der Waals surface area contributed by atoms with E-state index in [-0.39, 0.29) is 18.0 Å². The monoisotopic (exact) mass is 333 g/mol. The third-order valence-electron chi connectivity index (χ3n) is 4.24. The Bertz CT molecular complexity index is 582. The molecule has 0 N–H and O–H groups in total. The number of methoxy groups -OCH3 is 1. The highest BCUT2D eigenvalue weighted by molar-refractivity contribution is 5.78. The maximum Gasteiger partial charge on any atom is 0.410 e. The molecule has 0 aromatic heterocycles. The first-order chi connectivity index (χ1) is 11.2. The standard InChI is InChI=1S/C19H27NO4/c1-6-16(17(21)23-5)14-9-7-13(8-10-14)15-11-20(12-15)18(22)24-19(2,3)4/h7-10,15-16H,6,11-12H2,1-5H3. The molecule has 1 aliphatic rings. The molecule has 1 aromatic rings. The lowest BCUT2D eigenvalue weighted by Crippen LogP contribution is -2.50. The second kappa shape index (κ2) is 7.24. The summed E-state index contributed by atoms with van der Waals surface area (Å²) >= 11 is 0. The van der Waals surface area contributed by atoms with Crippen molar-refractivity contribution in [2.24, 2.45) is 0 Å². The van der Waals surface area contributed by atoms with E-state index in [1.165, 1.54) is 12.7 Å². The Labute approximate surface area is 143 Å². The van der Waals surface area contributed by atoms with Crippen molar-refractivity contribution in [3.8, 4) is 0 Å². The van der Waals surface area contributed by atoms with Gasteiger partial charge in [0, 0.05) is 19.0 Å². The SMILES string of the molecule is CCC(C(=O)OC)c1ccc(C2CN(C(=O)OC(C)(C)C)C2)cc1. The van der Waals surface area contributed by atoms with Crippen LogP contribution in [0.1, 0.15) is 57.1 Å². The molecule has 1 aliphatic heterocycles. The molecule has 2 rings (SSSR count). The Morgan fingerprint density at radius 2 is 1.79 bits per heavy atom. The van der Waals surface area contributed by atoms with Crippen molar-refractivity contribution in [1.29, 1.82) is 0 Å². The van der Waals surface area contributed by atoms with Crippen LogP contribution in [0.2, 0.25) is 0 Å². The Hall–Kier alpha value is -2.04. The summed E-state index contributed by atoms with van der Waals surface area (Å²) < 4.78 is 10.2. The van der Waals surface area contributed by atoms with Gasteiger partial charge in [-0.1, -0.05) is 31.2 Å². The van der Waals surface area contributed by atoms with Crippen molar-refractivity contribution in [3.63, 3.8) is 0 Å². The van der Waals surface area contributed by atoms with Crippen molar-refractivity contribution < 1.29 is 19.1 Å². The first-order valence-corrected chi connectivity index (χ1v) is 8.40. The minimum absolute atomic E-state index is 0.204. The minimum atomic E-state index is -0.465. The van der Waals surface area contributed by atoms with Gasteiger partial charge in [0.25, 0.3) is 0 Å². The molecule has 0 aliphatic carbocycles. The Morgan fingerprint density at radius 3 is 2.25 bits per heavy atom. The summed E-state index contributed by atoms with van der Waals surface area (Å²) in [5.74, 6) is -0.0986. The molecule has 0 saturated carbocycles. The first-order valence-electron chi connectivity index (χ1n) is 8.40. The Kier molecular flexibility index (Phi) is 5.52. The van der Waals surface area contributed by atoms with Crippen LogP contribution in [0.15, 0.2) is 24.3 Å². The fourth-order valence-corrected chi connectivity index (χ4v) is 2.85. The summed E-state index contributed by atoms with van der Waals surface area (Å²) in [6.45, 7) is 8.91. The molecule has 0 bridgehead atoms. The van der Waals surface area contributed by atoms with E-state index in [1.807, 2.05) is 52.0 Å². The molecule has 1 fully saturated rings. The third-order valence-corrected chi connectivity index (χ3v) is 4.24. The Balaban J connectivity index is 1.94. The summed E-state index contributed by atoms with van der Waals surface area (Å²) in [4.78, 5) is 25.5. The Morgan fingerprint density at radius 1 is 1.21 bits per heavy atom. The van der Waals surface area contributed by atoms with Gasteiger partial charge in [-0.2, -0.15) is 0 Å². The van der Waals surface area contributed by atoms with Gasteiger partial charge in [-0.05, 0) is 38.3 Å². The lowest BCUT2D eigenvalue weighted by molar-refractivity contribution is -0.142. The van der Waals surface area contributed by atoms with Gasteiger partial charge in [-0.3, -0.25) is 4.79 Å². The second-order valence-corrected chi connectivity index (χ2v) is 7.23. The number of ether oxygens (including phenoxy) is 2. The zero-order valence-corrected chi connectivity index (χ0v) is 15.2. The molecule has 1 unspecified atom stereocenters. The van der Waals surface area contributed by atoms with Gasteiger partial charge >= 0.3 is 12.1 Å². The van der Waals surface area contributed by atoms with Gasteiger partial charge in [0.05, 0.1) is 13.0 Å². The number of hydrogen-bond donors (Lipinski definition) is 0. The molecule has 1 heterocycles. The number of nitrogens with zero attached hydrogens (tertiary/aromatic N) is 1. The van der Waals surface area contributed by atoms with E-state index in [0.29, 0.717) is 25.4 Å². The van der Waals surface area contributed by atoms with Crippen LogP contribution < -0.4 is 0 Å². The smallest absolute Gasteiger partial charge is 0.410 e. The molecule has 0 radical (unpaired) electrons. The van der Waals surface area contributed by atoms with Gasteiger partial charge in [-0.15, -0.1) is 0 Å². The van der Waals surface area contributed by atoms with Crippen molar-refractivity contribution in [3.05, 3.63) is 35.4 Å². The average molecular weight is 333 g/mol. The zero-order chi connectivity index (χ0) is 17.9. The van der Waals surface area contributed by atoms with Gasteiger partial charge in [0.2, 0.25) is 0 Å². The second-order valence-electron chi connectivity index (χ2n) is 7.23. The normalized spacial score (nSPS) is 16.3. The fourth-order valence-electron chi connectivity index (χ4n) is 2.85. The highest BCUT2D eigenvalue weighted by Crippen LogP contribution is 2.30. The highest BCUT2D eigenvalue weighted by Gasteiger charge is 2.34. The van der Waals surface area contributed by atoms with Crippen LogP contribution in [0.3, 0.4) is 0 Å². The van der Waals surface area contributed by atoms with Crippen molar-refractivity contribution in [1.82, 2.24) is 4.90 Å². The molecular weight excluding hydrogens is 306 g/mol. The summed E-state index contributed by atoms with van der Waals surface area (Å²) in [6, 6.07) is 8.04. The molecule has 1 atom stereocenters. The average Bonchev–Trinajstić information content (AvgIpc) is 2.46. The quantitative estimate of drug-likeness (QED) is 0.789. The van der Waals surface area contributed by atoms with Gasteiger partial charge < -0.3 is 14.4 Å². The third kappa shape index (κ3) is 4.28. The van der Waals surface area contributed by atoms with Crippen LogP contribution in [0.25, 0.3) is 0 Å². The predicted molar refractivity (Wildman–Crippen MR) is 92.0 cm³/mol. The molecule has 132 valence electrons. The number of esters is 1. The largest absolute Gasteiger partial charge is 0.469 e. The van der Waals surface area contributed by atoms with Gasteiger partial charge in [0.1, 0.15) is 5.60 Å². The number of carbonyl (C=O) groups excluding carboxylic acids is 2. The van der Waals surface area contributed by atoms with Crippen LogP contribution in [0, 0.1) is 0 Å². The summed E-state index contributed by atoms with van der Waals surface area (Å²) in [6.07, 6.45) is 0.453. The minimum Gasteiger partial charge on any atom is -0.469 e. The molecular formula is C19H27NO4. The number of hydrogen-bond acceptors (Lipinski definition) is 4. The lowest BCUT2D eigenvalue weighted by Gasteiger charge is -2.40. The van der Waals surface area contributed by atoms with Crippen molar-refractivity contribution in [2.75, 3.05) is 20.2 Å². The summed E-state index contributed by atoms with van der Waals surface area (Å²) in [7, 11) is 1.42. The van der Waals surface area contributed by atoms with Crippen LogP contribution >= 0.6 is 0 Å². The van der Waals surface area contributed by atoms with E-state index in [0.717, 1.165) is 5.56 Å². The van der Waals surface area contributed by atoms with Crippen molar-refractivity contribution >= 4 is 12.1 Å². The van der Waals surface area contributed by atoms with E-state index in [2.05, 4.69) is 0 Å². The molecule has 24 heavy (non-hydrogen) atoms. The maximum atomic E-state index is 12.0. The van der Waals surface area contributed by atoms with E-state index in [1.54, 1.807) is 4.90 Å². The summed E-state index contributed by atoms with van der Waals surface area (Å²) in [5.41, 5.74) is 1.68. The highest BCUT2D eigenvalue weighted by atomic mass is 16.6. The maximum absolute atomic E-state index is 12.0. The molecule has 0 spiro atoms. The number of likely N-dealkylation sites (tertiary alicyclic amines) is 1. The van der Waals surface area contributed by atoms with Crippen LogP contribution in [-0.4, -0.2) is 42.8 Å². The molecule has 5 nitrogen and oxygen atoms in total. The molecule has 1 amide bonds. The predicted octanol–water partition coefficient (Wildman–Crippen LogP) is 3.69. The molecule has 1 saturated heterocycles. The van der Waals surface area contributed by atoms with Crippen LogP contribution in [0.5, 0.6) is 0 Å². The fraction of sp³-hybridized carbons (Fsp3) is 0.579. The van der Waals surface area contributed by atoms with E-state index < -0.39 is 5.60 Å². The first kappa shape index (κ1) is 18.3. The van der Waals surface area contributed by atoms with E-state index >= 15 is 0 Å². The number of carbonyl (C=O) groups is 2.